The molecule has 6 nitrogen and oxygen atoms in total. The van der Waals surface area contributed by atoms with Crippen molar-refractivity contribution in [3.8, 4) is 0 Å². The number of aromatic amines is 1. The second kappa shape index (κ2) is 5.11. The van der Waals surface area contributed by atoms with E-state index in [4.69, 9.17) is 0 Å². The Hall–Kier alpha value is -2.11. The summed E-state index contributed by atoms with van der Waals surface area (Å²) in [5, 5.41) is 8.84. The van der Waals surface area contributed by atoms with Crippen molar-refractivity contribution < 1.29 is 4.79 Å². The summed E-state index contributed by atoms with van der Waals surface area (Å²) in [6, 6.07) is 3.93. The lowest BCUT2D eigenvalue weighted by atomic mass is 10.3. The number of carbonyl (C=O) groups is 1. The molecular weight excluding hydrogens is 206 g/mol. The lowest BCUT2D eigenvalue weighted by molar-refractivity contribution is -0.116. The number of amides is 1. The molecule has 0 aliphatic carbocycles. The Bertz CT molecular complexity index is 420. The van der Waals surface area contributed by atoms with E-state index in [2.05, 4.69) is 20.5 Å². The summed E-state index contributed by atoms with van der Waals surface area (Å²) in [6.07, 6.45) is 6.59. The van der Waals surface area contributed by atoms with E-state index in [-0.39, 0.29) is 5.91 Å². The van der Waals surface area contributed by atoms with Crippen LogP contribution in [0.2, 0.25) is 0 Å². The van der Waals surface area contributed by atoms with Crippen LogP contribution in [0.25, 0.3) is 0 Å². The van der Waals surface area contributed by atoms with Gasteiger partial charge in [0.25, 0.3) is 0 Å². The first-order valence-electron chi connectivity index (χ1n) is 5.10. The third-order valence-electron chi connectivity index (χ3n) is 2.16. The summed E-state index contributed by atoms with van der Waals surface area (Å²) < 4.78 is 2.04. The number of nitrogens with zero attached hydrogens (tertiary/aromatic N) is 3. The van der Waals surface area contributed by atoms with Gasteiger partial charge in [-0.05, 0) is 18.6 Å². The molecule has 0 saturated heterocycles. The predicted octanol–water partition coefficient (Wildman–Crippen LogP) is 1.03. The summed E-state index contributed by atoms with van der Waals surface area (Å²) >= 11 is 0. The SMILES string of the molecule is O=C(CCCn1cccc1)Nc1ncn[nH]1. The topological polar surface area (TPSA) is 75.6 Å². The summed E-state index contributed by atoms with van der Waals surface area (Å²) in [6.45, 7) is 0.844. The van der Waals surface area contributed by atoms with Crippen LogP contribution in [0.1, 0.15) is 12.8 Å². The van der Waals surface area contributed by atoms with Gasteiger partial charge in [0.2, 0.25) is 11.9 Å². The summed E-state index contributed by atoms with van der Waals surface area (Å²) in [7, 11) is 0. The van der Waals surface area contributed by atoms with Crippen LogP contribution in [0.5, 0.6) is 0 Å². The van der Waals surface area contributed by atoms with Gasteiger partial charge in [-0.15, -0.1) is 0 Å². The van der Waals surface area contributed by atoms with Crippen LogP contribution < -0.4 is 5.32 Å². The van der Waals surface area contributed by atoms with Gasteiger partial charge in [-0.1, -0.05) is 0 Å². The Balaban J connectivity index is 1.68. The molecule has 0 aromatic carbocycles. The molecule has 84 valence electrons. The number of H-pyrrole nitrogens is 1. The van der Waals surface area contributed by atoms with Crippen molar-refractivity contribution in [3.05, 3.63) is 30.9 Å². The monoisotopic (exact) mass is 219 g/mol. The summed E-state index contributed by atoms with van der Waals surface area (Å²) in [5.74, 6) is 0.342. The first-order valence-corrected chi connectivity index (χ1v) is 5.10. The predicted molar refractivity (Wildman–Crippen MR) is 58.7 cm³/mol. The highest BCUT2D eigenvalue weighted by Gasteiger charge is 2.03. The van der Waals surface area contributed by atoms with Gasteiger partial charge in [0.1, 0.15) is 6.33 Å². The molecule has 2 heterocycles. The van der Waals surface area contributed by atoms with Gasteiger partial charge in [0, 0.05) is 25.4 Å². The van der Waals surface area contributed by atoms with E-state index < -0.39 is 0 Å². The molecule has 0 fully saturated rings. The highest BCUT2D eigenvalue weighted by molar-refractivity contribution is 5.88. The molecule has 0 atom stereocenters. The summed E-state index contributed by atoms with van der Waals surface area (Å²) in [4.78, 5) is 15.2. The van der Waals surface area contributed by atoms with Gasteiger partial charge in [-0.3, -0.25) is 10.1 Å². The van der Waals surface area contributed by atoms with Crippen LogP contribution in [-0.4, -0.2) is 25.7 Å². The van der Waals surface area contributed by atoms with Crippen molar-refractivity contribution >= 4 is 11.9 Å². The van der Waals surface area contributed by atoms with E-state index in [0.717, 1.165) is 13.0 Å². The maximum absolute atomic E-state index is 11.4. The van der Waals surface area contributed by atoms with E-state index in [1.54, 1.807) is 0 Å². The Kier molecular flexibility index (Phi) is 3.32. The average Bonchev–Trinajstić information content (AvgIpc) is 2.90. The van der Waals surface area contributed by atoms with Crippen molar-refractivity contribution in [1.29, 1.82) is 0 Å². The average molecular weight is 219 g/mol. The van der Waals surface area contributed by atoms with Crippen molar-refractivity contribution in [1.82, 2.24) is 19.7 Å². The van der Waals surface area contributed by atoms with Gasteiger partial charge >= 0.3 is 0 Å². The zero-order valence-electron chi connectivity index (χ0n) is 8.76. The van der Waals surface area contributed by atoms with Crippen LogP contribution in [0.3, 0.4) is 0 Å². The quantitative estimate of drug-likeness (QED) is 0.788. The highest BCUT2D eigenvalue weighted by atomic mass is 16.1. The number of aromatic nitrogens is 4. The molecule has 2 aromatic heterocycles. The smallest absolute Gasteiger partial charge is 0.226 e. The largest absolute Gasteiger partial charge is 0.354 e. The van der Waals surface area contributed by atoms with Crippen molar-refractivity contribution in [3.63, 3.8) is 0 Å². The van der Waals surface area contributed by atoms with Crippen molar-refractivity contribution in [2.24, 2.45) is 0 Å². The number of anilines is 1. The number of hydrogen-bond acceptors (Lipinski definition) is 3. The normalized spacial score (nSPS) is 10.2. The molecule has 0 bridgehead atoms. The molecule has 0 unspecified atom stereocenters. The zero-order valence-corrected chi connectivity index (χ0v) is 8.76. The minimum atomic E-state index is -0.0519. The fourth-order valence-electron chi connectivity index (χ4n) is 1.40. The van der Waals surface area contributed by atoms with Crippen LogP contribution in [0.4, 0.5) is 5.95 Å². The van der Waals surface area contributed by atoms with Crippen molar-refractivity contribution in [2.45, 2.75) is 19.4 Å². The second-order valence-electron chi connectivity index (χ2n) is 3.41. The Morgan fingerprint density at radius 3 is 2.94 bits per heavy atom. The maximum Gasteiger partial charge on any atom is 0.226 e. The van der Waals surface area contributed by atoms with Crippen LogP contribution in [0, 0.1) is 0 Å². The zero-order chi connectivity index (χ0) is 11.2. The van der Waals surface area contributed by atoms with E-state index in [9.17, 15) is 4.79 Å². The molecule has 6 heteroatoms. The maximum atomic E-state index is 11.4. The Morgan fingerprint density at radius 1 is 1.44 bits per heavy atom. The second-order valence-corrected chi connectivity index (χ2v) is 3.41. The fourth-order valence-corrected chi connectivity index (χ4v) is 1.40. The minimum Gasteiger partial charge on any atom is -0.354 e. The van der Waals surface area contributed by atoms with E-state index in [1.807, 2.05) is 29.1 Å². The third kappa shape index (κ3) is 2.94. The molecule has 0 aliphatic heterocycles. The lowest BCUT2D eigenvalue weighted by Crippen LogP contribution is -2.13. The van der Waals surface area contributed by atoms with E-state index in [0.29, 0.717) is 12.4 Å². The van der Waals surface area contributed by atoms with Gasteiger partial charge in [-0.2, -0.15) is 10.1 Å². The fraction of sp³-hybridized carbons (Fsp3) is 0.300. The number of aryl methyl sites for hydroxylation is 1. The molecule has 2 N–H and O–H groups in total. The lowest BCUT2D eigenvalue weighted by Gasteiger charge is -2.02. The molecule has 16 heavy (non-hydrogen) atoms. The molecule has 0 radical (unpaired) electrons. The third-order valence-corrected chi connectivity index (χ3v) is 2.16. The van der Waals surface area contributed by atoms with Gasteiger partial charge < -0.3 is 4.57 Å². The molecule has 0 aliphatic rings. The molecule has 2 aromatic rings. The Morgan fingerprint density at radius 2 is 2.25 bits per heavy atom. The summed E-state index contributed by atoms with van der Waals surface area (Å²) in [5.41, 5.74) is 0. The van der Waals surface area contributed by atoms with E-state index in [1.165, 1.54) is 6.33 Å². The molecular formula is C10H13N5O. The first-order chi connectivity index (χ1) is 7.84. The number of hydrogen-bond donors (Lipinski definition) is 2. The van der Waals surface area contributed by atoms with Crippen molar-refractivity contribution in [2.75, 3.05) is 5.32 Å². The van der Waals surface area contributed by atoms with Gasteiger partial charge in [0.05, 0.1) is 0 Å². The van der Waals surface area contributed by atoms with Gasteiger partial charge in [0.15, 0.2) is 0 Å². The Labute approximate surface area is 92.7 Å². The van der Waals surface area contributed by atoms with Gasteiger partial charge in [-0.25, -0.2) is 5.10 Å². The molecule has 0 saturated carbocycles. The van der Waals surface area contributed by atoms with Crippen LogP contribution in [-0.2, 0) is 11.3 Å². The molecule has 2 rings (SSSR count). The van der Waals surface area contributed by atoms with Crippen LogP contribution in [0.15, 0.2) is 30.9 Å². The highest BCUT2D eigenvalue weighted by Crippen LogP contribution is 2.00. The number of carbonyl (C=O) groups excluding carboxylic acids is 1. The number of nitrogens with one attached hydrogen (secondary N) is 2. The first kappa shape index (κ1) is 10.4. The minimum absolute atomic E-state index is 0.0519. The van der Waals surface area contributed by atoms with Crippen LogP contribution >= 0.6 is 0 Å². The molecule has 0 spiro atoms. The van der Waals surface area contributed by atoms with E-state index >= 15 is 0 Å². The molecule has 1 amide bonds. The standard InChI is InChI=1S/C10H13N5O/c16-9(13-10-11-8-12-14-10)4-3-7-15-5-1-2-6-15/h1-2,5-6,8H,3-4,7H2,(H2,11,12,13,14,16). The number of rotatable bonds is 5.